The molecule has 0 amide bonds. The molecule has 5 rings (SSSR count). The maximum Gasteiger partial charge on any atom is 0.227 e. The average molecular weight is 551 g/mol. The number of aliphatic hydroxyl groups excluding tert-OH is 1. The van der Waals surface area contributed by atoms with Crippen molar-refractivity contribution < 1.29 is 5.11 Å². The first-order chi connectivity index (χ1) is 16.7. The van der Waals surface area contributed by atoms with Gasteiger partial charge in [-0.3, -0.25) is 4.90 Å². The minimum Gasteiger partial charge on any atom is -0.396 e. The number of hydrogen-bond donors (Lipinski definition) is 2. The number of aliphatic hydroxyl groups is 1. The molecule has 0 radical (unpaired) electrons. The largest absolute Gasteiger partial charge is 0.396 e. The van der Waals surface area contributed by atoms with E-state index in [0.29, 0.717) is 23.6 Å². The fourth-order valence-electron chi connectivity index (χ4n) is 5.13. The zero-order valence-electron chi connectivity index (χ0n) is 20.2. The van der Waals surface area contributed by atoms with Crippen molar-refractivity contribution in [2.24, 2.45) is 5.92 Å². The Morgan fingerprint density at radius 3 is 2.36 bits per heavy atom. The van der Waals surface area contributed by atoms with Crippen molar-refractivity contribution in [3.05, 3.63) is 65.8 Å². The number of anilines is 3. The fraction of sp³-hybridized carbons (Fsp3) is 0.407. The van der Waals surface area contributed by atoms with Gasteiger partial charge in [-0.2, -0.15) is 4.98 Å². The van der Waals surface area contributed by atoms with Crippen LogP contribution in [0.25, 0.3) is 11.1 Å². The van der Waals surface area contributed by atoms with Gasteiger partial charge < -0.3 is 15.3 Å². The smallest absolute Gasteiger partial charge is 0.227 e. The van der Waals surface area contributed by atoms with E-state index in [4.69, 9.17) is 21.6 Å². The molecule has 1 atom stereocenters. The third kappa shape index (κ3) is 6.81. The van der Waals surface area contributed by atoms with E-state index >= 15 is 0 Å². The predicted molar refractivity (Wildman–Crippen MR) is 153 cm³/mol. The van der Waals surface area contributed by atoms with Crippen LogP contribution in [0.15, 0.2) is 60.8 Å². The van der Waals surface area contributed by atoms with E-state index in [1.54, 1.807) is 0 Å². The molecule has 0 aliphatic carbocycles. The van der Waals surface area contributed by atoms with Crippen molar-refractivity contribution >= 4 is 53.9 Å². The molecule has 1 aromatic heterocycles. The van der Waals surface area contributed by atoms with Crippen molar-refractivity contribution in [1.29, 1.82) is 0 Å². The van der Waals surface area contributed by atoms with Crippen molar-refractivity contribution in [3.8, 4) is 11.1 Å². The van der Waals surface area contributed by atoms with Crippen LogP contribution in [0.1, 0.15) is 25.7 Å². The first-order valence-corrected chi connectivity index (χ1v) is 12.6. The summed E-state index contributed by atoms with van der Waals surface area (Å²) in [5.41, 5.74) is 2.98. The lowest BCUT2D eigenvalue weighted by molar-refractivity contribution is 0.0776. The minimum atomic E-state index is 0. The van der Waals surface area contributed by atoms with Crippen LogP contribution in [-0.2, 0) is 0 Å². The molecule has 194 valence electrons. The van der Waals surface area contributed by atoms with Crippen LogP contribution in [0, 0.1) is 5.92 Å². The van der Waals surface area contributed by atoms with Gasteiger partial charge in [0.25, 0.3) is 0 Å². The molecule has 0 bridgehead atoms. The number of piperidine rings is 2. The Balaban J connectivity index is 0.00000180. The van der Waals surface area contributed by atoms with Crippen molar-refractivity contribution in [3.63, 3.8) is 0 Å². The Morgan fingerprint density at radius 1 is 0.944 bits per heavy atom. The number of aromatic nitrogens is 2. The van der Waals surface area contributed by atoms with Crippen LogP contribution < -0.4 is 10.2 Å². The fourth-order valence-corrected chi connectivity index (χ4v) is 5.25. The van der Waals surface area contributed by atoms with Crippen molar-refractivity contribution in [2.75, 3.05) is 43.0 Å². The zero-order chi connectivity index (χ0) is 23.3. The summed E-state index contributed by atoms with van der Waals surface area (Å²) in [5.74, 6) is 1.99. The lowest BCUT2D eigenvalue weighted by atomic mass is 9.94. The molecule has 2 N–H and O–H groups in total. The summed E-state index contributed by atoms with van der Waals surface area (Å²) in [4.78, 5) is 14.6. The first kappa shape index (κ1) is 28.5. The Hall–Kier alpha value is -2.09. The lowest BCUT2D eigenvalue weighted by Crippen LogP contribution is -2.49. The summed E-state index contributed by atoms with van der Waals surface area (Å²) in [7, 11) is 0. The van der Waals surface area contributed by atoms with Gasteiger partial charge in [-0.25, -0.2) is 4.98 Å². The van der Waals surface area contributed by atoms with E-state index in [1.807, 2.05) is 48.7 Å². The quantitative estimate of drug-likeness (QED) is 0.389. The molecule has 6 nitrogen and oxygen atoms in total. The second kappa shape index (κ2) is 13.5. The highest BCUT2D eigenvalue weighted by Crippen LogP contribution is 2.31. The lowest BCUT2D eigenvalue weighted by Gasteiger charge is -2.42. The standard InChI is InChI=1S/C27H32ClN5O.2ClH/c28-22-8-10-23(11-9-22)30-26-25(21-6-2-1-3-7-21)17-29-27(31-26)32-15-12-24(13-16-32)33-14-4-5-20(18-33)19-34;;/h1-3,6-11,17,20,24,34H,4-5,12-16,18-19H2,(H,29,30,31);2*1H. The Kier molecular flexibility index (Phi) is 10.6. The number of nitrogens with one attached hydrogen (secondary N) is 1. The number of nitrogens with zero attached hydrogens (tertiary/aromatic N) is 4. The van der Waals surface area contributed by atoms with Gasteiger partial charge in [0.15, 0.2) is 0 Å². The molecule has 2 fully saturated rings. The normalized spacial score (nSPS) is 18.7. The molecular formula is C27H34Cl3N5O. The minimum absolute atomic E-state index is 0. The van der Waals surface area contributed by atoms with Gasteiger partial charge in [0, 0.05) is 54.8 Å². The summed E-state index contributed by atoms with van der Waals surface area (Å²) < 4.78 is 0. The molecule has 2 aliphatic rings. The molecule has 1 unspecified atom stereocenters. The van der Waals surface area contributed by atoms with Crippen LogP contribution in [0.5, 0.6) is 0 Å². The van der Waals surface area contributed by atoms with Crippen molar-refractivity contribution in [1.82, 2.24) is 14.9 Å². The van der Waals surface area contributed by atoms with E-state index in [0.717, 1.165) is 74.0 Å². The second-order valence-corrected chi connectivity index (χ2v) is 9.77. The van der Waals surface area contributed by atoms with Crippen LogP contribution in [0.3, 0.4) is 0 Å². The molecule has 2 saturated heterocycles. The SMILES string of the molecule is Cl.Cl.OCC1CCCN(C2CCN(c3ncc(-c4ccccc4)c(Nc4ccc(Cl)cc4)n3)CC2)C1. The van der Waals surface area contributed by atoms with Crippen LogP contribution in [0.2, 0.25) is 5.02 Å². The van der Waals surface area contributed by atoms with E-state index in [9.17, 15) is 5.11 Å². The predicted octanol–water partition coefficient (Wildman–Crippen LogP) is 6.06. The summed E-state index contributed by atoms with van der Waals surface area (Å²) in [6.45, 7) is 4.36. The molecule has 2 aromatic carbocycles. The molecule has 3 heterocycles. The average Bonchev–Trinajstić information content (AvgIpc) is 2.90. The monoisotopic (exact) mass is 549 g/mol. The molecule has 0 spiro atoms. The van der Waals surface area contributed by atoms with Crippen LogP contribution in [-0.4, -0.2) is 58.8 Å². The van der Waals surface area contributed by atoms with Gasteiger partial charge in [-0.1, -0.05) is 41.9 Å². The number of halogens is 3. The zero-order valence-corrected chi connectivity index (χ0v) is 22.6. The van der Waals surface area contributed by atoms with E-state index in [2.05, 4.69) is 27.2 Å². The highest BCUT2D eigenvalue weighted by Gasteiger charge is 2.29. The number of benzene rings is 2. The molecule has 2 aliphatic heterocycles. The second-order valence-electron chi connectivity index (χ2n) is 9.33. The first-order valence-electron chi connectivity index (χ1n) is 12.2. The van der Waals surface area contributed by atoms with E-state index < -0.39 is 0 Å². The third-order valence-corrected chi connectivity index (χ3v) is 7.29. The molecule has 9 heteroatoms. The van der Waals surface area contributed by atoms with Gasteiger partial charge in [-0.15, -0.1) is 24.8 Å². The molecular weight excluding hydrogens is 517 g/mol. The van der Waals surface area contributed by atoms with Gasteiger partial charge in [0.1, 0.15) is 5.82 Å². The van der Waals surface area contributed by atoms with Gasteiger partial charge in [0.2, 0.25) is 5.95 Å². The summed E-state index contributed by atoms with van der Waals surface area (Å²) >= 11 is 6.08. The Bertz CT molecular complexity index is 1080. The Morgan fingerprint density at radius 2 is 1.67 bits per heavy atom. The maximum absolute atomic E-state index is 9.58. The summed E-state index contributed by atoms with van der Waals surface area (Å²) in [6, 6.07) is 18.5. The molecule has 0 saturated carbocycles. The van der Waals surface area contributed by atoms with Gasteiger partial charge >= 0.3 is 0 Å². The summed E-state index contributed by atoms with van der Waals surface area (Å²) in [6.07, 6.45) is 6.47. The molecule has 36 heavy (non-hydrogen) atoms. The highest BCUT2D eigenvalue weighted by molar-refractivity contribution is 6.30. The van der Waals surface area contributed by atoms with Gasteiger partial charge in [-0.05, 0) is 68.0 Å². The van der Waals surface area contributed by atoms with E-state index in [1.165, 1.54) is 6.42 Å². The Labute approximate surface area is 230 Å². The summed E-state index contributed by atoms with van der Waals surface area (Å²) in [5, 5.41) is 13.8. The number of rotatable bonds is 6. The topological polar surface area (TPSA) is 64.5 Å². The van der Waals surface area contributed by atoms with E-state index in [-0.39, 0.29) is 24.8 Å². The molecule has 3 aromatic rings. The van der Waals surface area contributed by atoms with Crippen LogP contribution >= 0.6 is 36.4 Å². The van der Waals surface area contributed by atoms with Crippen LogP contribution in [0.4, 0.5) is 17.5 Å². The highest BCUT2D eigenvalue weighted by atomic mass is 35.5. The van der Waals surface area contributed by atoms with Crippen molar-refractivity contribution in [2.45, 2.75) is 31.7 Å². The van der Waals surface area contributed by atoms with Gasteiger partial charge in [0.05, 0.1) is 0 Å². The number of hydrogen-bond acceptors (Lipinski definition) is 6. The maximum atomic E-state index is 9.58. The number of likely N-dealkylation sites (tertiary alicyclic amines) is 1. The third-order valence-electron chi connectivity index (χ3n) is 7.04.